The highest BCUT2D eigenvalue weighted by Gasteiger charge is 2.32. The summed E-state index contributed by atoms with van der Waals surface area (Å²) in [5.41, 5.74) is 4.87. The number of benzene rings is 3. The molecule has 0 bridgehead atoms. The molecule has 1 amide bonds. The Labute approximate surface area is 211 Å². The Morgan fingerprint density at radius 1 is 1.00 bits per heavy atom. The number of carbonyl (C=O) groups is 1. The maximum atomic E-state index is 13.7. The average molecular weight is 510 g/mol. The number of aliphatic hydroxyl groups is 1. The molecule has 4 aromatic rings. The van der Waals surface area contributed by atoms with Crippen LogP contribution in [0.3, 0.4) is 0 Å². The molecule has 4 rings (SSSR count). The van der Waals surface area contributed by atoms with Gasteiger partial charge < -0.3 is 10.2 Å². The molecule has 1 aromatic heterocycles. The largest absolute Gasteiger partial charge is 0.494 e. The summed E-state index contributed by atoms with van der Waals surface area (Å²) in [6.07, 6.45) is -4.30. The highest BCUT2D eigenvalue weighted by atomic mass is 19.4. The van der Waals surface area contributed by atoms with Gasteiger partial charge >= 0.3 is 6.18 Å². The third kappa shape index (κ3) is 5.51. The summed E-state index contributed by atoms with van der Waals surface area (Å²) < 4.78 is 42.3. The van der Waals surface area contributed by atoms with E-state index in [0.29, 0.717) is 16.6 Å². The topological polar surface area (TPSA) is 86.9 Å². The number of rotatable bonds is 7. The fraction of sp³-hybridized carbons (Fsp3) is 0.214. The number of hydrogen-bond donors (Lipinski definition) is 3. The van der Waals surface area contributed by atoms with E-state index in [1.807, 2.05) is 19.9 Å². The molecule has 0 aliphatic heterocycles. The summed E-state index contributed by atoms with van der Waals surface area (Å²) in [7, 11) is 0. The van der Waals surface area contributed by atoms with Crippen molar-refractivity contribution in [2.75, 3.05) is 6.61 Å². The second-order valence-corrected chi connectivity index (χ2v) is 8.80. The van der Waals surface area contributed by atoms with Crippen molar-refractivity contribution in [3.63, 3.8) is 0 Å². The van der Waals surface area contributed by atoms with Crippen LogP contribution in [0.5, 0.6) is 5.88 Å². The van der Waals surface area contributed by atoms with E-state index < -0.39 is 17.6 Å². The molecule has 0 atom stereocenters. The van der Waals surface area contributed by atoms with E-state index in [2.05, 4.69) is 10.5 Å². The third-order valence-electron chi connectivity index (χ3n) is 5.87. The highest BCUT2D eigenvalue weighted by molar-refractivity contribution is 6.21. The van der Waals surface area contributed by atoms with E-state index in [0.717, 1.165) is 23.3 Å². The van der Waals surface area contributed by atoms with Gasteiger partial charge in [0.2, 0.25) is 11.8 Å². The molecule has 0 spiro atoms. The van der Waals surface area contributed by atoms with Crippen LogP contribution in [0.1, 0.15) is 40.7 Å². The van der Waals surface area contributed by atoms with E-state index in [1.165, 1.54) is 10.6 Å². The Hall–Kier alpha value is -4.11. The van der Waals surface area contributed by atoms with Gasteiger partial charge in [0.25, 0.3) is 0 Å². The van der Waals surface area contributed by atoms with E-state index in [9.17, 15) is 23.1 Å². The molecule has 192 valence electrons. The number of aromatic nitrogens is 1. The van der Waals surface area contributed by atoms with Crippen molar-refractivity contribution in [2.24, 2.45) is 5.10 Å². The van der Waals surface area contributed by atoms with E-state index >= 15 is 0 Å². The maximum Gasteiger partial charge on any atom is 0.416 e. The first-order valence-electron chi connectivity index (χ1n) is 11.7. The number of aliphatic hydroxyl groups excluding tert-OH is 1. The van der Waals surface area contributed by atoms with E-state index in [4.69, 9.17) is 5.11 Å². The van der Waals surface area contributed by atoms with Crippen molar-refractivity contribution < 1.29 is 28.2 Å². The lowest BCUT2D eigenvalue weighted by atomic mass is 10.0. The van der Waals surface area contributed by atoms with Crippen molar-refractivity contribution in [3.05, 3.63) is 94.5 Å². The second-order valence-electron chi connectivity index (χ2n) is 8.80. The molecule has 0 aliphatic carbocycles. The van der Waals surface area contributed by atoms with Gasteiger partial charge in [-0.15, -0.1) is 0 Å². The zero-order valence-corrected chi connectivity index (χ0v) is 20.3. The van der Waals surface area contributed by atoms with E-state index in [1.54, 1.807) is 42.5 Å². The molecule has 0 saturated heterocycles. The SMILES string of the molecule is Cc1cc(C)cc(-n2c(O)c(C(=NNC(=O)CCCO)c3ccccc3)c3ccc(C(F)(F)F)cc32)c1. The number of carbonyl (C=O) groups excluding carboxylic acids is 1. The molecular formula is C28H26F3N3O3. The normalized spacial score (nSPS) is 12.2. The molecule has 0 fully saturated rings. The lowest BCUT2D eigenvalue weighted by Crippen LogP contribution is -2.20. The zero-order chi connectivity index (χ0) is 26.7. The number of fused-ring (bicyclic) bond motifs is 1. The summed E-state index contributed by atoms with van der Waals surface area (Å²) in [5, 5.41) is 25.1. The number of nitrogens with one attached hydrogen (secondary N) is 1. The lowest BCUT2D eigenvalue weighted by molar-refractivity contribution is -0.137. The number of hydrogen-bond acceptors (Lipinski definition) is 4. The van der Waals surface area contributed by atoms with Crippen molar-refractivity contribution >= 4 is 22.5 Å². The summed E-state index contributed by atoms with van der Waals surface area (Å²) in [4.78, 5) is 12.3. The first-order valence-corrected chi connectivity index (χ1v) is 11.7. The standard InChI is InChI=1S/C28H26F3N3O3/c1-17-13-18(2)15-21(14-17)34-23-16-20(28(29,30)31)10-11-22(23)25(27(34)37)26(19-7-4-3-5-8-19)33-32-24(36)9-6-12-35/h3-5,7-8,10-11,13-16,35,37H,6,9,12H2,1-2H3,(H,32,36). The van der Waals surface area contributed by atoms with Crippen LogP contribution in [0, 0.1) is 13.8 Å². The number of nitrogens with zero attached hydrogens (tertiary/aromatic N) is 2. The van der Waals surface area contributed by atoms with E-state index in [-0.39, 0.29) is 42.1 Å². The first-order chi connectivity index (χ1) is 17.6. The number of aromatic hydroxyl groups is 1. The predicted octanol–water partition coefficient (Wildman–Crippen LogP) is 5.61. The molecule has 0 saturated carbocycles. The Kier molecular flexibility index (Phi) is 7.35. The zero-order valence-electron chi connectivity index (χ0n) is 20.3. The average Bonchev–Trinajstić information content (AvgIpc) is 3.13. The molecule has 0 unspecified atom stereocenters. The molecule has 1 heterocycles. The second kappa shape index (κ2) is 10.5. The minimum Gasteiger partial charge on any atom is -0.494 e. The summed E-state index contributed by atoms with van der Waals surface area (Å²) in [6, 6.07) is 17.5. The summed E-state index contributed by atoms with van der Waals surface area (Å²) >= 11 is 0. The Morgan fingerprint density at radius 3 is 2.30 bits per heavy atom. The molecule has 3 N–H and O–H groups in total. The van der Waals surface area contributed by atoms with Crippen molar-refractivity contribution in [1.29, 1.82) is 0 Å². The van der Waals surface area contributed by atoms with Gasteiger partial charge in [-0.25, -0.2) is 5.43 Å². The van der Waals surface area contributed by atoms with Gasteiger partial charge in [-0.2, -0.15) is 18.3 Å². The number of aryl methyl sites for hydroxylation is 2. The Bertz CT molecular complexity index is 1450. The van der Waals surface area contributed by atoms with Crippen LogP contribution in [0.25, 0.3) is 16.6 Å². The van der Waals surface area contributed by atoms with Gasteiger partial charge in [-0.05, 0) is 55.7 Å². The quantitative estimate of drug-likeness (QED) is 0.224. The van der Waals surface area contributed by atoms with Crippen LogP contribution in [0.15, 0.2) is 71.8 Å². The number of hydrazone groups is 1. The van der Waals surface area contributed by atoms with Gasteiger partial charge in [0.1, 0.15) is 5.71 Å². The van der Waals surface area contributed by atoms with Gasteiger partial charge in [0.05, 0.1) is 16.6 Å². The third-order valence-corrected chi connectivity index (χ3v) is 5.87. The van der Waals surface area contributed by atoms with Crippen LogP contribution in [-0.4, -0.2) is 33.0 Å². The monoisotopic (exact) mass is 509 g/mol. The molecule has 37 heavy (non-hydrogen) atoms. The first kappa shape index (κ1) is 26.0. The number of halogens is 3. The Morgan fingerprint density at radius 2 is 1.68 bits per heavy atom. The van der Waals surface area contributed by atoms with Gasteiger partial charge in [-0.3, -0.25) is 9.36 Å². The minimum absolute atomic E-state index is 0.0350. The maximum absolute atomic E-state index is 13.7. The Balaban J connectivity index is 2.02. The molecule has 9 heteroatoms. The van der Waals surface area contributed by atoms with Gasteiger partial charge in [0, 0.05) is 29.7 Å². The molecule has 0 aliphatic rings. The smallest absolute Gasteiger partial charge is 0.416 e. The molecule has 3 aromatic carbocycles. The predicted molar refractivity (Wildman–Crippen MR) is 136 cm³/mol. The minimum atomic E-state index is -4.58. The van der Waals surface area contributed by atoms with Crippen molar-refractivity contribution in [1.82, 2.24) is 9.99 Å². The van der Waals surface area contributed by atoms with Crippen molar-refractivity contribution in [2.45, 2.75) is 32.9 Å². The summed E-state index contributed by atoms with van der Waals surface area (Å²) in [6.45, 7) is 3.56. The summed E-state index contributed by atoms with van der Waals surface area (Å²) in [5.74, 6) is -0.758. The van der Waals surface area contributed by atoms with Crippen LogP contribution < -0.4 is 5.43 Å². The van der Waals surface area contributed by atoms with Crippen LogP contribution in [0.2, 0.25) is 0 Å². The molecule has 0 radical (unpaired) electrons. The number of amides is 1. The highest BCUT2D eigenvalue weighted by Crippen LogP contribution is 2.39. The van der Waals surface area contributed by atoms with Gasteiger partial charge in [0.15, 0.2) is 0 Å². The fourth-order valence-corrected chi connectivity index (χ4v) is 4.30. The lowest BCUT2D eigenvalue weighted by Gasteiger charge is -2.12. The molecular weight excluding hydrogens is 483 g/mol. The number of alkyl halides is 3. The van der Waals surface area contributed by atoms with Crippen LogP contribution in [0.4, 0.5) is 13.2 Å². The van der Waals surface area contributed by atoms with Gasteiger partial charge in [-0.1, -0.05) is 42.5 Å². The van der Waals surface area contributed by atoms with Crippen LogP contribution >= 0.6 is 0 Å². The fourth-order valence-electron chi connectivity index (χ4n) is 4.30. The molecule has 6 nitrogen and oxygen atoms in total. The van der Waals surface area contributed by atoms with Crippen molar-refractivity contribution in [3.8, 4) is 11.6 Å². The van der Waals surface area contributed by atoms with Crippen LogP contribution in [-0.2, 0) is 11.0 Å².